The van der Waals surface area contributed by atoms with Gasteiger partial charge < -0.3 is 10.4 Å². The van der Waals surface area contributed by atoms with E-state index in [1.54, 1.807) is 6.08 Å². The molecule has 0 fully saturated rings. The van der Waals surface area contributed by atoms with Gasteiger partial charge in [0.2, 0.25) is 0 Å². The van der Waals surface area contributed by atoms with Gasteiger partial charge in [0, 0.05) is 13.1 Å². The molecule has 0 radical (unpaired) electrons. The third kappa shape index (κ3) is 7.08. The Labute approximate surface area is 141 Å². The number of hydrogen-bond acceptors (Lipinski definition) is 2. The van der Waals surface area contributed by atoms with E-state index >= 15 is 0 Å². The van der Waals surface area contributed by atoms with E-state index in [4.69, 9.17) is 4.99 Å². The molecule has 0 aliphatic carbocycles. The van der Waals surface area contributed by atoms with Gasteiger partial charge in [-0.2, -0.15) is 0 Å². The van der Waals surface area contributed by atoms with Crippen LogP contribution in [0.5, 0.6) is 0 Å². The lowest BCUT2D eigenvalue weighted by Gasteiger charge is -2.40. The predicted octanol–water partition coefficient (Wildman–Crippen LogP) is 3.40. The van der Waals surface area contributed by atoms with Crippen LogP contribution in [0.3, 0.4) is 0 Å². The third-order valence-corrected chi connectivity index (χ3v) is 3.20. The van der Waals surface area contributed by atoms with Gasteiger partial charge in [-0.1, -0.05) is 38.0 Å². The summed E-state index contributed by atoms with van der Waals surface area (Å²) in [5, 5.41) is 0. The Morgan fingerprint density at radius 1 is 0.739 bits per heavy atom. The maximum Gasteiger partial charge on any atom is 0.301 e. The van der Waals surface area contributed by atoms with Gasteiger partial charge in [-0.25, -0.2) is 9.48 Å². The maximum absolute atomic E-state index is 4.77. The van der Waals surface area contributed by atoms with Crippen molar-refractivity contribution in [2.75, 3.05) is 39.3 Å². The minimum atomic E-state index is 0. The molecule has 0 atom stereocenters. The van der Waals surface area contributed by atoms with E-state index in [2.05, 4.69) is 44.4 Å². The standard InChI is InChI=1S/C19H30N3.H2O/c1-7-13-20-19(21(14-8-2)15-9-3)22(16-10-4,17-11-5)18-12-6;/h7-12H,1-6,13-18H2;1H2/q+1;/p-1. The first kappa shape index (κ1) is 23.1. The molecule has 0 saturated carbocycles. The fourth-order valence-electron chi connectivity index (χ4n) is 2.46. The molecule has 0 aliphatic heterocycles. The molecule has 0 heterocycles. The van der Waals surface area contributed by atoms with Crippen molar-refractivity contribution in [3.05, 3.63) is 75.9 Å². The van der Waals surface area contributed by atoms with Gasteiger partial charge in [0.25, 0.3) is 0 Å². The van der Waals surface area contributed by atoms with Gasteiger partial charge in [0.1, 0.15) is 19.6 Å². The molecule has 128 valence electrons. The highest BCUT2D eigenvalue weighted by molar-refractivity contribution is 5.74. The van der Waals surface area contributed by atoms with Crippen molar-refractivity contribution in [1.29, 1.82) is 0 Å². The fraction of sp³-hybridized carbons (Fsp3) is 0.316. The maximum atomic E-state index is 4.77. The van der Waals surface area contributed by atoms with Crippen LogP contribution < -0.4 is 0 Å². The van der Waals surface area contributed by atoms with Crippen LogP contribution in [-0.4, -0.2) is 60.1 Å². The van der Waals surface area contributed by atoms with Crippen LogP contribution in [0.2, 0.25) is 0 Å². The molecule has 0 spiro atoms. The van der Waals surface area contributed by atoms with Crippen molar-refractivity contribution in [3.63, 3.8) is 0 Å². The highest BCUT2D eigenvalue weighted by Crippen LogP contribution is 2.15. The van der Waals surface area contributed by atoms with E-state index in [-0.39, 0.29) is 5.48 Å². The van der Waals surface area contributed by atoms with Crippen LogP contribution >= 0.6 is 0 Å². The van der Waals surface area contributed by atoms with E-state index in [0.717, 1.165) is 25.6 Å². The Bertz CT molecular complexity index is 401. The molecule has 0 aliphatic rings. The number of rotatable bonds is 12. The highest BCUT2D eigenvalue weighted by atomic mass is 16.0. The lowest BCUT2D eigenvalue weighted by molar-refractivity contribution is -0.828. The van der Waals surface area contributed by atoms with Crippen molar-refractivity contribution in [2.24, 2.45) is 4.99 Å². The van der Waals surface area contributed by atoms with E-state index in [1.165, 1.54) is 0 Å². The molecule has 23 heavy (non-hydrogen) atoms. The zero-order valence-electron chi connectivity index (χ0n) is 14.2. The molecule has 4 heteroatoms. The second kappa shape index (κ2) is 13.5. The molecule has 0 bridgehead atoms. The number of guanidine groups is 1. The lowest BCUT2D eigenvalue weighted by Crippen LogP contribution is -2.59. The number of nitrogens with zero attached hydrogens (tertiary/aromatic N) is 3. The first-order chi connectivity index (χ1) is 10.7. The summed E-state index contributed by atoms with van der Waals surface area (Å²) >= 11 is 0. The number of quaternary nitrogens is 1. The van der Waals surface area contributed by atoms with Gasteiger partial charge >= 0.3 is 5.96 Å². The van der Waals surface area contributed by atoms with Crippen LogP contribution in [0.25, 0.3) is 0 Å². The molecule has 0 aromatic heterocycles. The van der Waals surface area contributed by atoms with Crippen molar-refractivity contribution >= 4 is 5.96 Å². The second-order valence-corrected chi connectivity index (χ2v) is 4.97. The zero-order valence-corrected chi connectivity index (χ0v) is 14.2. The van der Waals surface area contributed by atoms with Gasteiger partial charge in [-0.05, 0) is 18.2 Å². The molecule has 1 N–H and O–H groups in total. The summed E-state index contributed by atoms with van der Waals surface area (Å²) in [5.74, 6) is 0.958. The van der Waals surface area contributed by atoms with Gasteiger partial charge in [-0.15, -0.1) is 19.7 Å². The average Bonchev–Trinajstić information content (AvgIpc) is 2.49. The average molecular weight is 317 g/mol. The van der Waals surface area contributed by atoms with Crippen LogP contribution in [0.15, 0.2) is 80.9 Å². The SMILES string of the molecule is C=CCN=C(N(CC=C)CC=C)[N+](CC=C)(CC=C)CC=C.[OH-]. The highest BCUT2D eigenvalue weighted by Gasteiger charge is 2.34. The zero-order chi connectivity index (χ0) is 16.8. The summed E-state index contributed by atoms with van der Waals surface area (Å²) in [5.41, 5.74) is 0. The Balaban J connectivity index is 0. The van der Waals surface area contributed by atoms with E-state index in [9.17, 15) is 0 Å². The number of hydrogen-bond donors (Lipinski definition) is 0. The first-order valence-corrected chi connectivity index (χ1v) is 7.47. The van der Waals surface area contributed by atoms with Crippen LogP contribution in [-0.2, 0) is 0 Å². The third-order valence-electron chi connectivity index (χ3n) is 3.20. The summed E-state index contributed by atoms with van der Waals surface area (Å²) in [6.45, 7) is 27.4. The predicted molar refractivity (Wildman–Crippen MR) is 102 cm³/mol. The van der Waals surface area contributed by atoms with Crippen LogP contribution in [0.4, 0.5) is 0 Å². The van der Waals surface area contributed by atoms with E-state index in [1.807, 2.05) is 30.4 Å². The van der Waals surface area contributed by atoms with Crippen LogP contribution in [0.1, 0.15) is 0 Å². The summed E-state index contributed by atoms with van der Waals surface area (Å²) in [4.78, 5) is 6.93. The van der Waals surface area contributed by atoms with Crippen LogP contribution in [0, 0.1) is 0 Å². The minimum absolute atomic E-state index is 0. The summed E-state index contributed by atoms with van der Waals surface area (Å²) in [6, 6.07) is 0. The molecule has 0 rings (SSSR count). The van der Waals surface area contributed by atoms with Gasteiger partial charge in [0.15, 0.2) is 0 Å². The molecule has 0 aromatic rings. The molecular weight excluding hydrogens is 286 g/mol. The van der Waals surface area contributed by atoms with E-state index in [0.29, 0.717) is 24.1 Å². The van der Waals surface area contributed by atoms with Crippen molar-refractivity contribution in [3.8, 4) is 0 Å². The Morgan fingerprint density at radius 3 is 1.48 bits per heavy atom. The lowest BCUT2D eigenvalue weighted by atomic mass is 10.3. The largest absolute Gasteiger partial charge is 0.870 e. The second-order valence-electron chi connectivity index (χ2n) is 4.97. The molecule has 0 aromatic carbocycles. The minimum Gasteiger partial charge on any atom is -0.870 e. The Morgan fingerprint density at radius 2 is 1.17 bits per heavy atom. The summed E-state index contributed by atoms with van der Waals surface area (Å²) < 4.78 is 0.603. The fourth-order valence-corrected chi connectivity index (χ4v) is 2.46. The first-order valence-electron chi connectivity index (χ1n) is 7.47. The van der Waals surface area contributed by atoms with Gasteiger partial charge in [0.05, 0.1) is 6.54 Å². The normalized spacial score (nSPS) is 10.9. The molecule has 0 saturated heterocycles. The summed E-state index contributed by atoms with van der Waals surface area (Å²) in [7, 11) is 0. The smallest absolute Gasteiger partial charge is 0.301 e. The summed E-state index contributed by atoms with van der Waals surface area (Å²) in [6.07, 6.45) is 11.3. The molecule has 4 nitrogen and oxygen atoms in total. The molecule has 0 unspecified atom stereocenters. The molecule has 0 amide bonds. The number of aliphatic imine (C=N–C) groups is 1. The van der Waals surface area contributed by atoms with Crippen molar-refractivity contribution in [1.82, 2.24) is 4.90 Å². The van der Waals surface area contributed by atoms with Gasteiger partial charge in [-0.3, -0.25) is 0 Å². The molecular formula is C19H31N3O. The Kier molecular flexibility index (Phi) is 13.5. The monoisotopic (exact) mass is 317 g/mol. The quantitative estimate of drug-likeness (QED) is 0.240. The Hall–Kier alpha value is -2.17. The topological polar surface area (TPSA) is 45.6 Å². The van der Waals surface area contributed by atoms with Crippen molar-refractivity contribution in [2.45, 2.75) is 0 Å². The van der Waals surface area contributed by atoms with E-state index < -0.39 is 0 Å². The van der Waals surface area contributed by atoms with Crippen molar-refractivity contribution < 1.29 is 9.96 Å².